The number of esters is 1. The molecule has 1 aliphatic heterocycles. The number of rotatable bonds is 6. The fourth-order valence-corrected chi connectivity index (χ4v) is 4.35. The van der Waals surface area contributed by atoms with Crippen LogP contribution in [0.1, 0.15) is 51.0 Å². The zero-order chi connectivity index (χ0) is 16.9. The van der Waals surface area contributed by atoms with Gasteiger partial charge in [0.25, 0.3) is 0 Å². The molecule has 0 bridgehead atoms. The lowest BCUT2D eigenvalue weighted by molar-refractivity contribution is -0.147. The molecule has 2 fully saturated rings. The Morgan fingerprint density at radius 2 is 1.75 bits per heavy atom. The molecule has 2 aliphatic rings. The van der Waals surface area contributed by atoms with Crippen molar-refractivity contribution in [3.63, 3.8) is 0 Å². The number of ether oxygens (including phenoxy) is 1. The molecule has 132 valence electrons. The third-order valence-corrected chi connectivity index (χ3v) is 6.00. The summed E-state index contributed by atoms with van der Waals surface area (Å²) in [5.41, 5.74) is 1.12. The van der Waals surface area contributed by atoms with Crippen LogP contribution in [-0.2, 0) is 9.53 Å². The minimum atomic E-state index is -0.0786. The lowest BCUT2D eigenvalue weighted by Crippen LogP contribution is -2.29. The molecule has 1 aliphatic carbocycles. The van der Waals surface area contributed by atoms with Crippen LogP contribution in [-0.4, -0.2) is 37.1 Å². The van der Waals surface area contributed by atoms with Crippen LogP contribution in [0.5, 0.6) is 0 Å². The molecule has 3 rings (SSSR count). The number of carbonyl (C=O) groups is 1. The molecule has 0 radical (unpaired) electrons. The van der Waals surface area contributed by atoms with Gasteiger partial charge in [-0.15, -0.1) is 0 Å². The molecule has 3 atom stereocenters. The van der Waals surface area contributed by atoms with Crippen LogP contribution >= 0.6 is 0 Å². The summed E-state index contributed by atoms with van der Waals surface area (Å²) in [4.78, 5) is 15.2. The fourth-order valence-electron chi connectivity index (χ4n) is 4.35. The Bertz CT molecular complexity index is 514. The highest BCUT2D eigenvalue weighted by Gasteiger charge is 2.33. The molecular formula is C21H31NO2. The molecule has 3 unspecified atom stereocenters. The fraction of sp³-hybridized carbons (Fsp3) is 0.667. The topological polar surface area (TPSA) is 29.5 Å². The number of hydrogen-bond acceptors (Lipinski definition) is 3. The molecule has 1 aromatic carbocycles. The van der Waals surface area contributed by atoms with Crippen LogP contribution in [0.3, 0.4) is 0 Å². The van der Waals surface area contributed by atoms with Crippen LogP contribution < -0.4 is 0 Å². The number of hydrogen-bond donors (Lipinski definition) is 0. The largest absolute Gasteiger partial charge is 0.464 e. The van der Waals surface area contributed by atoms with Crippen LogP contribution in [0.2, 0.25) is 0 Å². The first kappa shape index (κ1) is 17.5. The molecule has 1 heterocycles. The third kappa shape index (κ3) is 4.18. The SMILES string of the molecule is CC1CN(CCOC(=O)C(c2ccccc2)C2CCCC2)CC1C. The van der Waals surface area contributed by atoms with E-state index in [1.807, 2.05) is 18.2 Å². The van der Waals surface area contributed by atoms with E-state index in [9.17, 15) is 4.79 Å². The van der Waals surface area contributed by atoms with Gasteiger partial charge < -0.3 is 4.74 Å². The standard InChI is InChI=1S/C21H31NO2/c1-16-14-22(15-17(16)2)12-13-24-21(23)20(19-10-6-7-11-19)18-8-4-3-5-9-18/h3-5,8-9,16-17,19-20H,6-7,10-15H2,1-2H3. The van der Waals surface area contributed by atoms with E-state index >= 15 is 0 Å². The summed E-state index contributed by atoms with van der Waals surface area (Å²) in [5, 5.41) is 0. The molecule has 24 heavy (non-hydrogen) atoms. The van der Waals surface area contributed by atoms with Crippen molar-refractivity contribution < 1.29 is 9.53 Å². The van der Waals surface area contributed by atoms with E-state index in [0.717, 1.165) is 49.9 Å². The first-order chi connectivity index (χ1) is 11.6. The van der Waals surface area contributed by atoms with Gasteiger partial charge in [-0.1, -0.05) is 57.0 Å². The second kappa shape index (κ2) is 8.15. The molecule has 1 aromatic rings. The van der Waals surface area contributed by atoms with Gasteiger partial charge in [0.1, 0.15) is 6.61 Å². The van der Waals surface area contributed by atoms with Gasteiger partial charge in [0.2, 0.25) is 0 Å². The summed E-state index contributed by atoms with van der Waals surface area (Å²) in [6.07, 6.45) is 4.78. The minimum Gasteiger partial charge on any atom is -0.464 e. The maximum absolute atomic E-state index is 12.8. The summed E-state index contributed by atoms with van der Waals surface area (Å²) in [6, 6.07) is 10.2. The van der Waals surface area contributed by atoms with E-state index in [0.29, 0.717) is 12.5 Å². The van der Waals surface area contributed by atoms with Crippen molar-refractivity contribution in [2.45, 2.75) is 45.4 Å². The summed E-state index contributed by atoms with van der Waals surface area (Å²) in [6.45, 7) is 8.26. The average molecular weight is 329 g/mol. The minimum absolute atomic E-state index is 0.0200. The maximum atomic E-state index is 12.8. The second-order valence-corrected chi connectivity index (χ2v) is 7.81. The predicted octanol–water partition coefficient (Wildman–Crippen LogP) is 4.09. The molecule has 1 saturated heterocycles. The molecule has 3 nitrogen and oxygen atoms in total. The summed E-state index contributed by atoms with van der Waals surface area (Å²) in [5.74, 6) is 1.85. The van der Waals surface area contributed by atoms with Crippen molar-refractivity contribution in [2.75, 3.05) is 26.2 Å². The van der Waals surface area contributed by atoms with Crippen LogP contribution in [0, 0.1) is 17.8 Å². The summed E-state index contributed by atoms with van der Waals surface area (Å²) < 4.78 is 5.72. The van der Waals surface area contributed by atoms with Gasteiger partial charge in [-0.2, -0.15) is 0 Å². The van der Waals surface area contributed by atoms with Crippen molar-refractivity contribution >= 4 is 5.97 Å². The van der Waals surface area contributed by atoms with Crippen molar-refractivity contribution in [1.82, 2.24) is 4.90 Å². The smallest absolute Gasteiger partial charge is 0.313 e. The summed E-state index contributed by atoms with van der Waals surface area (Å²) >= 11 is 0. The molecule has 1 saturated carbocycles. The van der Waals surface area contributed by atoms with E-state index in [2.05, 4.69) is 30.9 Å². The number of likely N-dealkylation sites (tertiary alicyclic amines) is 1. The lowest BCUT2D eigenvalue weighted by atomic mass is 9.85. The maximum Gasteiger partial charge on any atom is 0.313 e. The molecular weight excluding hydrogens is 298 g/mol. The van der Waals surface area contributed by atoms with E-state index in [-0.39, 0.29) is 11.9 Å². The van der Waals surface area contributed by atoms with Crippen molar-refractivity contribution in [1.29, 1.82) is 0 Å². The highest BCUT2D eigenvalue weighted by Crippen LogP contribution is 2.38. The van der Waals surface area contributed by atoms with E-state index in [4.69, 9.17) is 4.74 Å². The molecule has 0 N–H and O–H groups in total. The van der Waals surface area contributed by atoms with Crippen LogP contribution in [0.25, 0.3) is 0 Å². The van der Waals surface area contributed by atoms with Gasteiger partial charge >= 0.3 is 5.97 Å². The van der Waals surface area contributed by atoms with Crippen molar-refractivity contribution in [3.8, 4) is 0 Å². The quantitative estimate of drug-likeness (QED) is 0.736. The first-order valence-electron chi connectivity index (χ1n) is 9.59. The first-order valence-corrected chi connectivity index (χ1v) is 9.59. The van der Waals surface area contributed by atoms with Gasteiger partial charge in [0.05, 0.1) is 5.92 Å². The summed E-state index contributed by atoms with van der Waals surface area (Å²) in [7, 11) is 0. The van der Waals surface area contributed by atoms with Crippen LogP contribution in [0.4, 0.5) is 0 Å². The van der Waals surface area contributed by atoms with Crippen LogP contribution in [0.15, 0.2) is 30.3 Å². The Morgan fingerprint density at radius 3 is 2.38 bits per heavy atom. The Kier molecular flexibility index (Phi) is 5.94. The van der Waals surface area contributed by atoms with E-state index in [1.165, 1.54) is 12.8 Å². The van der Waals surface area contributed by atoms with Crippen molar-refractivity contribution in [2.24, 2.45) is 17.8 Å². The number of nitrogens with zero attached hydrogens (tertiary/aromatic N) is 1. The Balaban J connectivity index is 1.56. The lowest BCUT2D eigenvalue weighted by Gasteiger charge is -2.23. The zero-order valence-corrected chi connectivity index (χ0v) is 15.1. The molecule has 0 spiro atoms. The highest BCUT2D eigenvalue weighted by atomic mass is 16.5. The Hall–Kier alpha value is -1.35. The van der Waals surface area contributed by atoms with E-state index in [1.54, 1.807) is 0 Å². The number of benzene rings is 1. The monoisotopic (exact) mass is 329 g/mol. The van der Waals surface area contributed by atoms with Gasteiger partial charge in [-0.25, -0.2) is 0 Å². The van der Waals surface area contributed by atoms with Gasteiger partial charge in [0.15, 0.2) is 0 Å². The zero-order valence-electron chi connectivity index (χ0n) is 15.1. The second-order valence-electron chi connectivity index (χ2n) is 7.81. The number of carbonyl (C=O) groups excluding carboxylic acids is 1. The Morgan fingerprint density at radius 1 is 1.12 bits per heavy atom. The predicted molar refractivity (Wildman–Crippen MR) is 96.9 cm³/mol. The molecule has 3 heteroatoms. The van der Waals surface area contributed by atoms with Gasteiger partial charge in [0, 0.05) is 19.6 Å². The van der Waals surface area contributed by atoms with Gasteiger partial charge in [-0.3, -0.25) is 9.69 Å². The molecule has 0 amide bonds. The van der Waals surface area contributed by atoms with Crippen molar-refractivity contribution in [3.05, 3.63) is 35.9 Å². The normalized spacial score (nSPS) is 26.6. The highest BCUT2D eigenvalue weighted by molar-refractivity contribution is 5.78. The Labute approximate surface area is 146 Å². The van der Waals surface area contributed by atoms with Gasteiger partial charge in [-0.05, 0) is 36.2 Å². The molecule has 0 aromatic heterocycles. The third-order valence-electron chi connectivity index (χ3n) is 6.00. The van der Waals surface area contributed by atoms with E-state index < -0.39 is 0 Å². The average Bonchev–Trinajstić information content (AvgIpc) is 3.20.